The lowest BCUT2D eigenvalue weighted by Crippen LogP contribution is -2.02. The fourth-order valence-corrected chi connectivity index (χ4v) is 2.08. The lowest BCUT2D eigenvalue weighted by molar-refractivity contribution is 0.621. The lowest BCUT2D eigenvalue weighted by atomic mass is 10.2. The third-order valence-corrected chi connectivity index (χ3v) is 3.37. The highest BCUT2D eigenvalue weighted by Gasteiger charge is 2.09. The van der Waals surface area contributed by atoms with E-state index in [0.717, 1.165) is 5.56 Å². The molecule has 0 aliphatic rings. The van der Waals surface area contributed by atoms with Crippen LogP contribution in [0.15, 0.2) is 22.8 Å². The van der Waals surface area contributed by atoms with Crippen molar-refractivity contribution in [2.45, 2.75) is 6.92 Å². The van der Waals surface area contributed by atoms with Gasteiger partial charge in [0.1, 0.15) is 10.8 Å². The topological polar surface area (TPSA) is 49.8 Å². The summed E-state index contributed by atoms with van der Waals surface area (Å²) in [5.74, 6) is 0.500. The molecule has 0 fully saturated rings. The minimum atomic E-state index is -0.355. The van der Waals surface area contributed by atoms with E-state index in [2.05, 4.69) is 36.5 Å². The summed E-state index contributed by atoms with van der Waals surface area (Å²) in [5, 5.41) is 6.18. The molecule has 0 bridgehead atoms. The van der Waals surface area contributed by atoms with Crippen molar-refractivity contribution in [2.24, 2.45) is 0 Å². The second-order valence-corrected chi connectivity index (χ2v) is 5.11. The SMILES string of the molecule is CNc1ncc(Cl)c(Nc2cc(F)c(Br)cc2C)n1. The molecule has 1 aromatic carbocycles. The molecule has 1 aromatic heterocycles. The van der Waals surface area contributed by atoms with Crippen LogP contribution in [-0.4, -0.2) is 17.0 Å². The number of nitrogens with zero attached hydrogens (tertiary/aromatic N) is 2. The van der Waals surface area contributed by atoms with E-state index in [-0.39, 0.29) is 5.82 Å². The summed E-state index contributed by atoms with van der Waals surface area (Å²) in [4.78, 5) is 8.16. The molecule has 2 N–H and O–H groups in total. The van der Waals surface area contributed by atoms with Gasteiger partial charge < -0.3 is 10.6 Å². The molecule has 0 saturated carbocycles. The number of halogens is 3. The maximum atomic E-state index is 13.5. The summed E-state index contributed by atoms with van der Waals surface area (Å²) in [6.07, 6.45) is 1.48. The molecule has 2 aromatic rings. The van der Waals surface area contributed by atoms with E-state index in [9.17, 15) is 4.39 Å². The molecule has 1 heterocycles. The Morgan fingerprint density at radius 2 is 2.11 bits per heavy atom. The van der Waals surface area contributed by atoms with Crippen LogP contribution in [0.3, 0.4) is 0 Å². The number of hydrogen-bond acceptors (Lipinski definition) is 4. The second kappa shape index (κ2) is 5.71. The average Bonchev–Trinajstić information content (AvgIpc) is 2.38. The minimum absolute atomic E-state index is 0.355. The predicted molar refractivity (Wildman–Crippen MR) is 78.7 cm³/mol. The first-order valence-electron chi connectivity index (χ1n) is 5.44. The maximum absolute atomic E-state index is 13.5. The Morgan fingerprint density at radius 1 is 1.37 bits per heavy atom. The van der Waals surface area contributed by atoms with Crippen LogP contribution in [0.25, 0.3) is 0 Å². The normalized spacial score (nSPS) is 10.4. The first-order chi connectivity index (χ1) is 9.01. The molecule has 0 aliphatic carbocycles. The molecule has 0 unspecified atom stereocenters. The molecule has 4 nitrogen and oxygen atoms in total. The molecule has 0 atom stereocenters. The van der Waals surface area contributed by atoms with E-state index in [1.54, 1.807) is 13.1 Å². The molecule has 2 rings (SSSR count). The van der Waals surface area contributed by atoms with Crippen LogP contribution in [-0.2, 0) is 0 Å². The van der Waals surface area contributed by atoms with Gasteiger partial charge in [0.2, 0.25) is 5.95 Å². The Hall–Kier alpha value is -1.40. The predicted octanol–water partition coefficient (Wildman–Crippen LogP) is 4.13. The van der Waals surface area contributed by atoms with Crippen molar-refractivity contribution in [2.75, 3.05) is 17.7 Å². The van der Waals surface area contributed by atoms with Crippen molar-refractivity contribution in [3.8, 4) is 0 Å². The van der Waals surface area contributed by atoms with Gasteiger partial charge in [-0.2, -0.15) is 4.98 Å². The average molecular weight is 346 g/mol. The number of rotatable bonds is 3. The summed E-state index contributed by atoms with van der Waals surface area (Å²) in [6, 6.07) is 3.07. The Kier molecular flexibility index (Phi) is 4.21. The number of aromatic nitrogens is 2. The van der Waals surface area contributed by atoms with Crippen LogP contribution in [0.1, 0.15) is 5.56 Å². The van der Waals surface area contributed by atoms with Gasteiger partial charge in [0, 0.05) is 12.7 Å². The lowest BCUT2D eigenvalue weighted by Gasteiger charge is -2.11. The molecule has 100 valence electrons. The first-order valence-corrected chi connectivity index (χ1v) is 6.61. The van der Waals surface area contributed by atoms with Crippen molar-refractivity contribution >= 4 is 45.0 Å². The Labute approximate surface area is 123 Å². The fraction of sp³-hybridized carbons (Fsp3) is 0.167. The van der Waals surface area contributed by atoms with Crippen molar-refractivity contribution in [1.29, 1.82) is 0 Å². The van der Waals surface area contributed by atoms with Gasteiger partial charge in [-0.05, 0) is 40.5 Å². The number of hydrogen-bond donors (Lipinski definition) is 2. The Morgan fingerprint density at radius 3 is 2.79 bits per heavy atom. The van der Waals surface area contributed by atoms with E-state index < -0.39 is 0 Å². The smallest absolute Gasteiger partial charge is 0.224 e. The van der Waals surface area contributed by atoms with Crippen molar-refractivity contribution in [1.82, 2.24) is 9.97 Å². The van der Waals surface area contributed by atoms with Crippen molar-refractivity contribution in [3.05, 3.63) is 39.2 Å². The van der Waals surface area contributed by atoms with Crippen LogP contribution in [0.4, 0.5) is 21.8 Å². The Balaban J connectivity index is 2.38. The molecule has 0 aliphatic heterocycles. The first kappa shape index (κ1) is 14.0. The molecule has 19 heavy (non-hydrogen) atoms. The van der Waals surface area contributed by atoms with Gasteiger partial charge in [0.05, 0.1) is 10.7 Å². The molecule has 0 spiro atoms. The molecular weight excluding hydrogens is 335 g/mol. The third-order valence-electron chi connectivity index (χ3n) is 2.49. The van der Waals surface area contributed by atoms with Crippen LogP contribution in [0.2, 0.25) is 5.02 Å². The number of nitrogens with one attached hydrogen (secondary N) is 2. The van der Waals surface area contributed by atoms with E-state index in [1.165, 1.54) is 12.3 Å². The van der Waals surface area contributed by atoms with Crippen LogP contribution < -0.4 is 10.6 Å². The highest BCUT2D eigenvalue weighted by Crippen LogP contribution is 2.29. The van der Waals surface area contributed by atoms with E-state index in [1.807, 2.05) is 6.92 Å². The van der Waals surface area contributed by atoms with Crippen LogP contribution >= 0.6 is 27.5 Å². The third kappa shape index (κ3) is 3.13. The largest absolute Gasteiger partial charge is 0.357 e. The molecule has 0 amide bonds. The zero-order valence-electron chi connectivity index (χ0n) is 10.3. The molecule has 0 saturated heterocycles. The molecular formula is C12H11BrClFN4. The van der Waals surface area contributed by atoms with Crippen LogP contribution in [0.5, 0.6) is 0 Å². The summed E-state index contributed by atoms with van der Waals surface area (Å²) in [6.45, 7) is 1.86. The van der Waals surface area contributed by atoms with Crippen LogP contribution in [0, 0.1) is 12.7 Å². The van der Waals surface area contributed by atoms with Crippen molar-refractivity contribution in [3.63, 3.8) is 0 Å². The standard InChI is InChI=1S/C12H11BrClFN4/c1-6-3-7(13)9(15)4-10(6)18-11-8(14)5-17-12(16-2)19-11/h3-5H,1-2H3,(H2,16,17,18,19). The summed E-state index contributed by atoms with van der Waals surface area (Å²) >= 11 is 9.15. The van der Waals surface area contributed by atoms with E-state index in [4.69, 9.17) is 11.6 Å². The van der Waals surface area contributed by atoms with Gasteiger partial charge in [-0.15, -0.1) is 0 Å². The van der Waals surface area contributed by atoms with Gasteiger partial charge in [0.25, 0.3) is 0 Å². The minimum Gasteiger partial charge on any atom is -0.357 e. The highest BCUT2D eigenvalue weighted by molar-refractivity contribution is 9.10. The maximum Gasteiger partial charge on any atom is 0.224 e. The highest BCUT2D eigenvalue weighted by atomic mass is 79.9. The summed E-state index contributed by atoms with van der Waals surface area (Å²) in [7, 11) is 1.71. The molecule has 7 heteroatoms. The number of aryl methyl sites for hydroxylation is 1. The Bertz CT molecular complexity index is 621. The fourth-order valence-electron chi connectivity index (χ4n) is 1.48. The van der Waals surface area contributed by atoms with Gasteiger partial charge in [-0.25, -0.2) is 9.37 Å². The number of anilines is 3. The zero-order chi connectivity index (χ0) is 14.0. The van der Waals surface area contributed by atoms with Gasteiger partial charge in [-0.3, -0.25) is 0 Å². The summed E-state index contributed by atoms with van der Waals surface area (Å²) in [5.41, 5.74) is 1.47. The second-order valence-electron chi connectivity index (χ2n) is 3.85. The summed E-state index contributed by atoms with van der Waals surface area (Å²) < 4.78 is 14.0. The van der Waals surface area contributed by atoms with Gasteiger partial charge >= 0.3 is 0 Å². The molecule has 0 radical (unpaired) electrons. The van der Waals surface area contributed by atoms with E-state index >= 15 is 0 Å². The van der Waals surface area contributed by atoms with Gasteiger partial charge in [0.15, 0.2) is 5.82 Å². The number of benzene rings is 1. The van der Waals surface area contributed by atoms with E-state index in [0.29, 0.717) is 26.9 Å². The monoisotopic (exact) mass is 344 g/mol. The quantitative estimate of drug-likeness (QED) is 0.878. The zero-order valence-corrected chi connectivity index (χ0v) is 12.6. The van der Waals surface area contributed by atoms with Crippen molar-refractivity contribution < 1.29 is 4.39 Å². The van der Waals surface area contributed by atoms with Gasteiger partial charge in [-0.1, -0.05) is 11.6 Å².